The average molecular weight is 845 g/mol. The lowest BCUT2D eigenvalue weighted by Crippen LogP contribution is -2.31. The Morgan fingerprint density at radius 2 is 1.02 bits per heavy atom. The van der Waals surface area contributed by atoms with E-state index < -0.39 is 5.41 Å². The van der Waals surface area contributed by atoms with Crippen molar-refractivity contribution in [3.8, 4) is 22.3 Å². The van der Waals surface area contributed by atoms with Gasteiger partial charge in [0.05, 0.1) is 5.41 Å². The summed E-state index contributed by atoms with van der Waals surface area (Å²) in [6, 6.07) is 91.3. The minimum Gasteiger partial charge on any atom is -0.455 e. The molecule has 10 aromatic carbocycles. The Labute approximate surface area is 383 Å². The molecule has 13 rings (SSSR count). The molecule has 1 aromatic heterocycles. The second kappa shape index (κ2) is 15.2. The lowest BCUT2D eigenvalue weighted by atomic mass is 9.67. The van der Waals surface area contributed by atoms with Crippen molar-refractivity contribution in [1.82, 2.24) is 0 Å². The van der Waals surface area contributed by atoms with Crippen LogP contribution in [0.15, 0.2) is 245 Å². The fraction of sp³-hybridized carbons (Fsp3) is 0.0476. The van der Waals surface area contributed by atoms with Crippen molar-refractivity contribution >= 4 is 33.7 Å². The van der Waals surface area contributed by atoms with Crippen molar-refractivity contribution in [3.63, 3.8) is 0 Å². The number of para-hydroxylation sites is 1. The van der Waals surface area contributed by atoms with Gasteiger partial charge in [0.1, 0.15) is 11.2 Å². The molecule has 2 heteroatoms. The highest BCUT2D eigenvalue weighted by atomic mass is 32.2. The van der Waals surface area contributed by atoms with Crippen LogP contribution in [0.5, 0.6) is 0 Å². The Morgan fingerprint density at radius 3 is 1.74 bits per heavy atom. The normalized spacial score (nSPS) is 13.6. The number of furan rings is 1. The smallest absolute Gasteiger partial charge is 0.140 e. The van der Waals surface area contributed by atoms with Crippen LogP contribution in [0.3, 0.4) is 0 Å². The zero-order chi connectivity index (χ0) is 42.9. The topological polar surface area (TPSA) is 13.1 Å². The summed E-state index contributed by atoms with van der Waals surface area (Å²) in [4.78, 5) is 2.50. The van der Waals surface area contributed by atoms with Crippen LogP contribution in [0.2, 0.25) is 0 Å². The summed E-state index contributed by atoms with van der Waals surface area (Å²) in [5.74, 6) is -0.162. The van der Waals surface area contributed by atoms with Crippen molar-refractivity contribution in [2.75, 3.05) is 0 Å². The quantitative estimate of drug-likeness (QED) is 0.148. The molecule has 0 fully saturated rings. The SMILES string of the molecule is c1ccc2c(c#1)C1(c3ccccc3S2)c2ccccc2-c2cc(C(c3ccccc3)c3cccc4c3oc3c(C(c5ccccc5)c5ccccc5)ccc(-c5ccccc5)c34)ccc21. The third-order valence-electron chi connectivity index (χ3n) is 13.9. The molecule has 0 saturated heterocycles. The maximum atomic E-state index is 7.53. The van der Waals surface area contributed by atoms with Gasteiger partial charge in [0.2, 0.25) is 0 Å². The number of fused-ring (bicyclic) bond motifs is 12. The fourth-order valence-electron chi connectivity index (χ4n) is 11.2. The summed E-state index contributed by atoms with van der Waals surface area (Å²) in [7, 11) is 0. The molecule has 2 atom stereocenters. The largest absolute Gasteiger partial charge is 0.455 e. The molecule has 0 amide bonds. The summed E-state index contributed by atoms with van der Waals surface area (Å²) in [5.41, 5.74) is 18.4. The number of hydrogen-bond donors (Lipinski definition) is 0. The van der Waals surface area contributed by atoms with E-state index in [-0.39, 0.29) is 11.8 Å². The van der Waals surface area contributed by atoms with E-state index in [9.17, 15) is 0 Å². The van der Waals surface area contributed by atoms with E-state index >= 15 is 0 Å². The van der Waals surface area contributed by atoms with Crippen molar-refractivity contribution in [2.45, 2.75) is 27.0 Å². The molecule has 2 unspecified atom stereocenters. The van der Waals surface area contributed by atoms with Gasteiger partial charge < -0.3 is 4.42 Å². The van der Waals surface area contributed by atoms with Gasteiger partial charge in [-0.3, -0.25) is 0 Å². The lowest BCUT2D eigenvalue weighted by Gasteiger charge is -2.38. The maximum absolute atomic E-state index is 7.53. The van der Waals surface area contributed by atoms with Crippen LogP contribution >= 0.6 is 11.8 Å². The zero-order valence-electron chi connectivity index (χ0n) is 35.4. The van der Waals surface area contributed by atoms with E-state index in [1.165, 1.54) is 65.4 Å². The molecule has 0 saturated carbocycles. The fourth-order valence-corrected chi connectivity index (χ4v) is 12.4. The van der Waals surface area contributed by atoms with E-state index in [0.29, 0.717) is 0 Å². The van der Waals surface area contributed by atoms with Gasteiger partial charge in [-0.2, -0.15) is 0 Å². The van der Waals surface area contributed by atoms with Crippen molar-refractivity contribution in [2.24, 2.45) is 0 Å². The molecule has 1 spiro atoms. The molecule has 1 nitrogen and oxygen atoms in total. The monoisotopic (exact) mass is 844 g/mol. The second-order valence-corrected chi connectivity index (χ2v) is 18.3. The summed E-state index contributed by atoms with van der Waals surface area (Å²) < 4.78 is 7.53. The second-order valence-electron chi connectivity index (χ2n) is 17.2. The standard InChI is InChI=1S/C63H40OS/c1-5-20-41(21-6-1)46-37-38-50(58(42-22-7-2-8-23-42)43-24-9-3-10-25-43)62-60(46)49-30-19-29-48(61(49)64-62)59(44-26-11-4-12-27-44)45-36-39-53-51(40-45)47-28-13-14-31-52(47)63(53)54-32-15-17-34-56(54)65-57-35-18-16-33-55(57)63/h1-15,17-32,34-40,58-59H. The molecule has 304 valence electrons. The molecular formula is C63H40OS. The third kappa shape index (κ3) is 5.76. The van der Waals surface area contributed by atoms with Gasteiger partial charge >= 0.3 is 0 Å². The van der Waals surface area contributed by atoms with Gasteiger partial charge in [-0.25, -0.2) is 0 Å². The molecule has 11 aromatic rings. The van der Waals surface area contributed by atoms with Crippen LogP contribution in [0.1, 0.15) is 67.5 Å². The molecule has 0 N–H and O–H groups in total. The van der Waals surface area contributed by atoms with Crippen LogP contribution in [-0.2, 0) is 5.41 Å². The molecule has 2 aliphatic rings. The molecule has 1 aliphatic carbocycles. The van der Waals surface area contributed by atoms with Gasteiger partial charge in [0, 0.05) is 49.1 Å². The summed E-state index contributed by atoms with van der Waals surface area (Å²) >= 11 is 1.84. The summed E-state index contributed by atoms with van der Waals surface area (Å²) in [6.07, 6.45) is 0. The van der Waals surface area contributed by atoms with Gasteiger partial charge in [0.25, 0.3) is 0 Å². The minimum atomic E-state index is -0.515. The van der Waals surface area contributed by atoms with Crippen LogP contribution in [0.25, 0.3) is 44.2 Å². The predicted octanol–water partition coefficient (Wildman–Crippen LogP) is 16.0. The third-order valence-corrected chi connectivity index (χ3v) is 15.0. The highest BCUT2D eigenvalue weighted by Crippen LogP contribution is 2.62. The first-order chi connectivity index (χ1) is 32.3. The van der Waals surface area contributed by atoms with E-state index in [4.69, 9.17) is 4.42 Å². The van der Waals surface area contributed by atoms with Crippen molar-refractivity contribution in [1.29, 1.82) is 0 Å². The van der Waals surface area contributed by atoms with E-state index in [0.717, 1.165) is 44.2 Å². The Bertz CT molecular complexity index is 3490. The summed E-state index contributed by atoms with van der Waals surface area (Å²) in [5, 5.41) is 2.25. The molecule has 65 heavy (non-hydrogen) atoms. The van der Waals surface area contributed by atoms with Crippen molar-refractivity contribution in [3.05, 3.63) is 298 Å². The Morgan fingerprint density at radius 1 is 0.415 bits per heavy atom. The number of rotatable bonds is 7. The van der Waals surface area contributed by atoms with Crippen LogP contribution in [-0.4, -0.2) is 0 Å². The highest BCUT2D eigenvalue weighted by molar-refractivity contribution is 7.99. The van der Waals surface area contributed by atoms with E-state index in [2.05, 4.69) is 237 Å². The summed E-state index contributed by atoms with van der Waals surface area (Å²) in [6.45, 7) is 0. The van der Waals surface area contributed by atoms with Gasteiger partial charge in [0.15, 0.2) is 0 Å². The lowest BCUT2D eigenvalue weighted by molar-refractivity contribution is 0.654. The van der Waals surface area contributed by atoms with Gasteiger partial charge in [-0.1, -0.05) is 230 Å². The van der Waals surface area contributed by atoms with Crippen LogP contribution < -0.4 is 0 Å². The average Bonchev–Trinajstić information content (AvgIpc) is 3.91. The van der Waals surface area contributed by atoms with Gasteiger partial charge in [-0.05, 0) is 85.5 Å². The Kier molecular flexibility index (Phi) is 8.80. The van der Waals surface area contributed by atoms with Gasteiger partial charge in [-0.15, -0.1) is 0 Å². The molecule has 0 bridgehead atoms. The number of benzene rings is 9. The van der Waals surface area contributed by atoms with Crippen molar-refractivity contribution < 1.29 is 4.42 Å². The first-order valence-electron chi connectivity index (χ1n) is 22.4. The predicted molar refractivity (Wildman–Crippen MR) is 266 cm³/mol. The Hall–Kier alpha value is -7.83. The van der Waals surface area contributed by atoms with Crippen LogP contribution in [0, 0.1) is 12.1 Å². The van der Waals surface area contributed by atoms with E-state index in [1.807, 2.05) is 17.8 Å². The first kappa shape index (κ1) is 37.7. The zero-order valence-corrected chi connectivity index (χ0v) is 36.2. The molecule has 0 radical (unpaired) electrons. The highest BCUT2D eigenvalue weighted by Gasteiger charge is 2.50. The van der Waals surface area contributed by atoms with Crippen LogP contribution in [0.4, 0.5) is 0 Å². The Balaban J connectivity index is 1.07. The molecule has 1 aliphatic heterocycles. The first-order valence-corrected chi connectivity index (χ1v) is 23.2. The number of hydrogen-bond acceptors (Lipinski definition) is 2. The molecule has 2 heterocycles. The van der Waals surface area contributed by atoms with E-state index in [1.54, 1.807) is 0 Å². The minimum absolute atomic E-state index is 0.0361. The molecular weight excluding hydrogens is 805 g/mol. The maximum Gasteiger partial charge on any atom is 0.140 e.